The van der Waals surface area contributed by atoms with Gasteiger partial charge in [0.05, 0.1) is 5.41 Å². The summed E-state index contributed by atoms with van der Waals surface area (Å²) in [7, 11) is 0. The predicted octanol–water partition coefficient (Wildman–Crippen LogP) is 3.53. The number of amides is 2. The topological polar surface area (TPSA) is 72.2 Å². The van der Waals surface area contributed by atoms with Crippen LogP contribution in [0.25, 0.3) is 0 Å². The zero-order valence-electron chi connectivity index (χ0n) is 12.7. The molecule has 1 saturated carbocycles. The highest BCUT2D eigenvalue weighted by molar-refractivity contribution is 9.10. The Bertz CT molecular complexity index is 797. The summed E-state index contributed by atoms with van der Waals surface area (Å²) in [6.45, 7) is 1.79. The van der Waals surface area contributed by atoms with Gasteiger partial charge in [-0.15, -0.1) is 0 Å². The molecule has 0 unspecified atom stereocenters. The van der Waals surface area contributed by atoms with Crippen LogP contribution in [0.2, 0.25) is 0 Å². The van der Waals surface area contributed by atoms with E-state index in [-0.39, 0.29) is 5.91 Å². The molecule has 0 radical (unpaired) electrons. The van der Waals surface area contributed by atoms with Gasteiger partial charge >= 0.3 is 0 Å². The number of halogens is 1. The highest BCUT2D eigenvalue weighted by atomic mass is 79.9. The molecule has 23 heavy (non-hydrogen) atoms. The van der Waals surface area contributed by atoms with Crippen molar-refractivity contribution in [3.63, 3.8) is 0 Å². The van der Waals surface area contributed by atoms with Gasteiger partial charge in [-0.3, -0.25) is 9.59 Å². The summed E-state index contributed by atoms with van der Waals surface area (Å²) in [4.78, 5) is 24.2. The smallest absolute Gasteiger partial charge is 0.249 e. The van der Waals surface area contributed by atoms with Crippen molar-refractivity contribution in [2.75, 3.05) is 5.32 Å². The molecule has 0 heterocycles. The first-order valence-corrected chi connectivity index (χ1v) is 8.20. The summed E-state index contributed by atoms with van der Waals surface area (Å²) in [6, 6.07) is 13.0. The van der Waals surface area contributed by atoms with Gasteiger partial charge in [-0.25, -0.2) is 0 Å². The first-order valence-electron chi connectivity index (χ1n) is 7.41. The van der Waals surface area contributed by atoms with Crippen molar-refractivity contribution in [2.24, 2.45) is 5.73 Å². The Morgan fingerprint density at radius 3 is 2.48 bits per heavy atom. The Labute approximate surface area is 143 Å². The summed E-state index contributed by atoms with van der Waals surface area (Å²) in [5.41, 5.74) is 7.65. The van der Waals surface area contributed by atoms with Gasteiger partial charge in [-0.05, 0) is 55.2 Å². The van der Waals surface area contributed by atoms with Crippen molar-refractivity contribution in [2.45, 2.75) is 25.2 Å². The Morgan fingerprint density at radius 2 is 1.87 bits per heavy atom. The van der Waals surface area contributed by atoms with E-state index in [0.717, 1.165) is 22.9 Å². The van der Waals surface area contributed by atoms with E-state index >= 15 is 0 Å². The summed E-state index contributed by atoms with van der Waals surface area (Å²) in [6.07, 6.45) is 1.65. The van der Waals surface area contributed by atoms with Gasteiger partial charge in [-0.2, -0.15) is 0 Å². The van der Waals surface area contributed by atoms with E-state index in [2.05, 4.69) is 21.2 Å². The Hall–Kier alpha value is -2.14. The SMILES string of the molecule is Cc1c(NC(=O)C2(c3cccc(Br)c3)CC2)cccc1C(N)=O. The van der Waals surface area contributed by atoms with Crippen LogP contribution in [0.5, 0.6) is 0 Å². The third kappa shape index (κ3) is 2.88. The Kier molecular flexibility index (Phi) is 3.98. The molecule has 2 aromatic carbocycles. The van der Waals surface area contributed by atoms with Gasteiger partial charge in [-0.1, -0.05) is 34.1 Å². The van der Waals surface area contributed by atoms with E-state index < -0.39 is 11.3 Å². The quantitative estimate of drug-likeness (QED) is 0.861. The molecule has 3 rings (SSSR count). The van der Waals surface area contributed by atoms with Gasteiger partial charge in [0.15, 0.2) is 0 Å². The molecule has 1 aliphatic carbocycles. The number of primary amides is 1. The minimum Gasteiger partial charge on any atom is -0.366 e. The van der Waals surface area contributed by atoms with Gasteiger partial charge < -0.3 is 11.1 Å². The monoisotopic (exact) mass is 372 g/mol. The fraction of sp³-hybridized carbons (Fsp3) is 0.222. The third-order valence-electron chi connectivity index (χ3n) is 4.41. The van der Waals surface area contributed by atoms with E-state index in [1.54, 1.807) is 25.1 Å². The number of hydrogen-bond donors (Lipinski definition) is 2. The molecule has 0 aromatic heterocycles. The number of carbonyl (C=O) groups is 2. The standard InChI is InChI=1S/C18H17BrN2O2/c1-11-14(16(20)22)6-3-7-15(11)21-17(23)18(8-9-18)12-4-2-5-13(19)10-12/h2-7,10H,8-9H2,1H3,(H2,20,22)(H,21,23). The first kappa shape index (κ1) is 15.7. The van der Waals surface area contributed by atoms with Crippen LogP contribution in [0.3, 0.4) is 0 Å². The molecule has 1 aliphatic rings. The second-order valence-electron chi connectivity index (χ2n) is 5.89. The summed E-state index contributed by atoms with van der Waals surface area (Å²) in [5.74, 6) is -0.535. The van der Waals surface area contributed by atoms with E-state index in [4.69, 9.17) is 5.73 Å². The van der Waals surface area contributed by atoms with Crippen LogP contribution < -0.4 is 11.1 Å². The fourth-order valence-electron chi connectivity index (χ4n) is 2.84. The van der Waals surface area contributed by atoms with Crippen molar-refractivity contribution in [1.29, 1.82) is 0 Å². The maximum Gasteiger partial charge on any atom is 0.249 e. The number of nitrogens with two attached hydrogens (primary N) is 1. The summed E-state index contributed by atoms with van der Waals surface area (Å²) in [5, 5.41) is 2.96. The van der Waals surface area contributed by atoms with E-state index in [9.17, 15) is 9.59 Å². The second-order valence-corrected chi connectivity index (χ2v) is 6.80. The number of carbonyl (C=O) groups excluding carboxylic acids is 2. The summed E-state index contributed by atoms with van der Waals surface area (Å²) >= 11 is 3.45. The van der Waals surface area contributed by atoms with Crippen LogP contribution in [0.15, 0.2) is 46.9 Å². The van der Waals surface area contributed by atoms with Gasteiger partial charge in [0, 0.05) is 15.7 Å². The van der Waals surface area contributed by atoms with E-state index in [1.807, 2.05) is 24.3 Å². The van der Waals surface area contributed by atoms with Crippen molar-refractivity contribution < 1.29 is 9.59 Å². The molecule has 1 fully saturated rings. The van der Waals surface area contributed by atoms with Crippen LogP contribution in [0, 0.1) is 6.92 Å². The molecule has 0 atom stereocenters. The van der Waals surface area contributed by atoms with Gasteiger partial charge in [0.1, 0.15) is 0 Å². The lowest BCUT2D eigenvalue weighted by molar-refractivity contribution is -0.118. The lowest BCUT2D eigenvalue weighted by Crippen LogP contribution is -2.28. The second kappa shape index (κ2) is 5.81. The molecule has 0 saturated heterocycles. The normalized spacial score (nSPS) is 15.0. The summed E-state index contributed by atoms with van der Waals surface area (Å²) < 4.78 is 0.959. The van der Waals surface area contributed by atoms with Crippen molar-refractivity contribution in [1.82, 2.24) is 0 Å². The molecule has 118 valence electrons. The zero-order chi connectivity index (χ0) is 16.6. The van der Waals surface area contributed by atoms with Gasteiger partial charge in [0.25, 0.3) is 0 Å². The maximum atomic E-state index is 12.8. The van der Waals surface area contributed by atoms with Gasteiger partial charge in [0.2, 0.25) is 11.8 Å². The first-order chi connectivity index (χ1) is 10.9. The molecule has 0 bridgehead atoms. The molecule has 5 heteroatoms. The zero-order valence-corrected chi connectivity index (χ0v) is 14.3. The fourth-order valence-corrected chi connectivity index (χ4v) is 3.24. The molecule has 2 amide bonds. The van der Waals surface area contributed by atoms with Crippen LogP contribution in [-0.2, 0) is 10.2 Å². The Morgan fingerprint density at radius 1 is 1.17 bits per heavy atom. The molecular weight excluding hydrogens is 356 g/mol. The predicted molar refractivity (Wildman–Crippen MR) is 93.4 cm³/mol. The van der Waals surface area contributed by atoms with Crippen LogP contribution in [0.4, 0.5) is 5.69 Å². The Balaban J connectivity index is 1.88. The molecular formula is C18H17BrN2O2. The van der Waals surface area contributed by atoms with E-state index in [0.29, 0.717) is 16.8 Å². The lowest BCUT2D eigenvalue weighted by atomic mass is 9.94. The highest BCUT2D eigenvalue weighted by Crippen LogP contribution is 2.49. The minimum absolute atomic E-state index is 0.0414. The highest BCUT2D eigenvalue weighted by Gasteiger charge is 2.51. The van der Waals surface area contributed by atoms with Crippen LogP contribution in [-0.4, -0.2) is 11.8 Å². The van der Waals surface area contributed by atoms with Crippen LogP contribution in [0.1, 0.15) is 34.3 Å². The van der Waals surface area contributed by atoms with E-state index in [1.165, 1.54) is 0 Å². The molecule has 0 aliphatic heterocycles. The maximum absolute atomic E-state index is 12.8. The average molecular weight is 373 g/mol. The number of benzene rings is 2. The van der Waals surface area contributed by atoms with Crippen molar-refractivity contribution >= 4 is 33.4 Å². The number of rotatable bonds is 4. The van der Waals surface area contributed by atoms with Crippen molar-refractivity contribution in [3.8, 4) is 0 Å². The third-order valence-corrected chi connectivity index (χ3v) is 4.90. The molecule has 4 nitrogen and oxygen atoms in total. The minimum atomic E-state index is -0.494. The molecule has 0 spiro atoms. The number of anilines is 1. The van der Waals surface area contributed by atoms with Crippen LogP contribution >= 0.6 is 15.9 Å². The average Bonchev–Trinajstić information content (AvgIpc) is 3.31. The number of hydrogen-bond acceptors (Lipinski definition) is 2. The largest absolute Gasteiger partial charge is 0.366 e. The number of nitrogens with one attached hydrogen (secondary N) is 1. The van der Waals surface area contributed by atoms with Crippen molar-refractivity contribution in [3.05, 3.63) is 63.6 Å². The molecule has 2 aromatic rings. The molecule has 3 N–H and O–H groups in total. The lowest BCUT2D eigenvalue weighted by Gasteiger charge is -2.18.